The van der Waals surface area contributed by atoms with Gasteiger partial charge in [-0.15, -0.1) is 0 Å². The van der Waals surface area contributed by atoms with Crippen LogP contribution in [0.15, 0.2) is 53.0 Å². The summed E-state index contributed by atoms with van der Waals surface area (Å²) in [7, 11) is 0. The smallest absolute Gasteiger partial charge is 0.185 e. The lowest BCUT2D eigenvalue weighted by Gasteiger charge is -2.02. The Hall–Kier alpha value is -2.45. The summed E-state index contributed by atoms with van der Waals surface area (Å²) < 4.78 is 19.4. The van der Waals surface area contributed by atoms with E-state index >= 15 is 0 Å². The van der Waals surface area contributed by atoms with Gasteiger partial charge >= 0.3 is 0 Å². The summed E-state index contributed by atoms with van der Waals surface area (Å²) in [6.45, 7) is -0.0456. The second-order valence-electron chi connectivity index (χ2n) is 4.33. The second kappa shape index (κ2) is 7.53. The first-order chi connectivity index (χ1) is 10.6. The van der Waals surface area contributed by atoms with E-state index in [-0.39, 0.29) is 12.4 Å². The van der Waals surface area contributed by atoms with Crippen molar-refractivity contribution in [3.63, 3.8) is 0 Å². The molecule has 0 radical (unpaired) electrons. The zero-order chi connectivity index (χ0) is 15.9. The summed E-state index contributed by atoms with van der Waals surface area (Å²) in [6, 6.07) is 12.9. The fourth-order valence-corrected chi connectivity index (χ4v) is 2.06. The number of ether oxygens (including phenoxy) is 1. The highest BCUT2D eigenvalue weighted by atomic mass is 79.9. The molecule has 0 spiro atoms. The van der Waals surface area contributed by atoms with E-state index in [1.807, 2.05) is 6.07 Å². The lowest BCUT2D eigenvalue weighted by atomic mass is 10.1. The SMILES string of the molecule is N#CCOc1ccc(C(=O)/C=C/c2ccc(Br)cc2F)cc1. The number of hydrogen-bond donors (Lipinski definition) is 0. The molecule has 2 aromatic rings. The minimum absolute atomic E-state index is 0.0456. The highest BCUT2D eigenvalue weighted by Crippen LogP contribution is 2.17. The Morgan fingerprint density at radius 3 is 2.64 bits per heavy atom. The van der Waals surface area contributed by atoms with Crippen molar-refractivity contribution >= 4 is 27.8 Å². The molecule has 0 N–H and O–H groups in total. The third kappa shape index (κ3) is 4.27. The Labute approximate surface area is 135 Å². The van der Waals surface area contributed by atoms with Gasteiger partial charge in [-0.3, -0.25) is 4.79 Å². The molecule has 0 heterocycles. The monoisotopic (exact) mass is 359 g/mol. The molecule has 0 aliphatic rings. The predicted molar refractivity (Wildman–Crippen MR) is 85.0 cm³/mol. The van der Waals surface area contributed by atoms with Crippen molar-refractivity contribution in [1.29, 1.82) is 5.26 Å². The zero-order valence-corrected chi connectivity index (χ0v) is 13.0. The normalized spacial score (nSPS) is 10.4. The van der Waals surface area contributed by atoms with E-state index in [1.165, 1.54) is 18.2 Å². The fourth-order valence-electron chi connectivity index (χ4n) is 1.73. The van der Waals surface area contributed by atoms with Crippen molar-refractivity contribution in [3.8, 4) is 11.8 Å². The van der Waals surface area contributed by atoms with E-state index in [0.717, 1.165) is 0 Å². The van der Waals surface area contributed by atoms with Gasteiger partial charge in [0.2, 0.25) is 0 Å². The quantitative estimate of drug-likeness (QED) is 0.587. The average molecular weight is 360 g/mol. The van der Waals surface area contributed by atoms with Gasteiger partial charge < -0.3 is 4.74 Å². The number of carbonyl (C=O) groups excluding carboxylic acids is 1. The summed E-state index contributed by atoms with van der Waals surface area (Å²) >= 11 is 3.17. The van der Waals surface area contributed by atoms with Gasteiger partial charge in [-0.2, -0.15) is 5.26 Å². The van der Waals surface area contributed by atoms with Gasteiger partial charge in [0.1, 0.15) is 17.6 Å². The topological polar surface area (TPSA) is 50.1 Å². The predicted octanol–water partition coefficient (Wildman–Crippen LogP) is 4.39. The van der Waals surface area contributed by atoms with Crippen LogP contribution in [-0.4, -0.2) is 12.4 Å². The Morgan fingerprint density at radius 2 is 2.00 bits per heavy atom. The largest absolute Gasteiger partial charge is 0.479 e. The molecule has 0 aromatic heterocycles. The molecule has 0 bridgehead atoms. The van der Waals surface area contributed by atoms with Gasteiger partial charge in [-0.05, 0) is 48.6 Å². The molecule has 2 rings (SSSR count). The van der Waals surface area contributed by atoms with E-state index in [0.29, 0.717) is 21.3 Å². The van der Waals surface area contributed by atoms with Crippen LogP contribution in [0.3, 0.4) is 0 Å². The molecule has 2 aromatic carbocycles. The Bertz CT molecular complexity index is 748. The number of nitriles is 1. The van der Waals surface area contributed by atoms with Crippen molar-refractivity contribution in [2.75, 3.05) is 6.61 Å². The molecule has 0 amide bonds. The molecular weight excluding hydrogens is 349 g/mol. The van der Waals surface area contributed by atoms with Gasteiger partial charge in [0.05, 0.1) is 0 Å². The molecule has 5 heteroatoms. The van der Waals surface area contributed by atoms with E-state index in [9.17, 15) is 9.18 Å². The first-order valence-corrected chi connectivity index (χ1v) is 7.17. The molecule has 0 saturated carbocycles. The molecule has 0 aliphatic carbocycles. The first-order valence-electron chi connectivity index (χ1n) is 6.37. The molecule has 0 fully saturated rings. The molecule has 0 atom stereocenters. The minimum Gasteiger partial charge on any atom is -0.479 e. The molecule has 3 nitrogen and oxygen atoms in total. The Kier molecular flexibility index (Phi) is 5.45. The lowest BCUT2D eigenvalue weighted by Crippen LogP contribution is -1.96. The van der Waals surface area contributed by atoms with E-state index in [4.69, 9.17) is 10.00 Å². The number of ketones is 1. The van der Waals surface area contributed by atoms with Crippen LogP contribution in [0.1, 0.15) is 15.9 Å². The molecule has 22 heavy (non-hydrogen) atoms. The van der Waals surface area contributed by atoms with Crippen LogP contribution in [0.2, 0.25) is 0 Å². The van der Waals surface area contributed by atoms with Crippen LogP contribution in [0.25, 0.3) is 6.08 Å². The first kappa shape index (κ1) is 15.9. The lowest BCUT2D eigenvalue weighted by molar-refractivity contribution is 0.104. The Morgan fingerprint density at radius 1 is 1.27 bits per heavy atom. The van der Waals surface area contributed by atoms with Crippen LogP contribution in [0, 0.1) is 17.1 Å². The number of allylic oxidation sites excluding steroid dienone is 1. The van der Waals surface area contributed by atoms with Crippen molar-refractivity contribution < 1.29 is 13.9 Å². The average Bonchev–Trinajstić information content (AvgIpc) is 2.52. The van der Waals surface area contributed by atoms with Gasteiger partial charge in [-0.25, -0.2) is 4.39 Å². The molecule has 110 valence electrons. The highest BCUT2D eigenvalue weighted by molar-refractivity contribution is 9.10. The maximum absolute atomic E-state index is 13.6. The summed E-state index contributed by atoms with van der Waals surface area (Å²) in [4.78, 5) is 12.0. The van der Waals surface area contributed by atoms with Crippen LogP contribution in [0.4, 0.5) is 4.39 Å². The van der Waals surface area contributed by atoms with Crippen molar-refractivity contribution in [3.05, 3.63) is 70.0 Å². The van der Waals surface area contributed by atoms with E-state index < -0.39 is 5.82 Å². The van der Waals surface area contributed by atoms with E-state index in [1.54, 1.807) is 36.4 Å². The van der Waals surface area contributed by atoms with Crippen molar-refractivity contribution in [2.24, 2.45) is 0 Å². The third-order valence-electron chi connectivity index (χ3n) is 2.82. The number of hydrogen-bond acceptors (Lipinski definition) is 3. The standard InChI is InChI=1S/C17H11BrFNO2/c18-14-5-1-12(16(19)11-14)4-8-17(21)13-2-6-15(7-3-13)22-10-9-20/h1-8,11H,10H2/b8-4+. The number of rotatable bonds is 5. The maximum atomic E-state index is 13.6. The van der Waals surface area contributed by atoms with Crippen molar-refractivity contribution in [1.82, 2.24) is 0 Å². The van der Waals surface area contributed by atoms with Gasteiger partial charge in [-0.1, -0.05) is 22.0 Å². The van der Waals surface area contributed by atoms with Gasteiger partial charge in [0, 0.05) is 15.6 Å². The molecule has 0 unspecified atom stereocenters. The number of benzene rings is 2. The summed E-state index contributed by atoms with van der Waals surface area (Å²) in [5, 5.41) is 8.42. The third-order valence-corrected chi connectivity index (χ3v) is 3.31. The van der Waals surface area contributed by atoms with Crippen LogP contribution >= 0.6 is 15.9 Å². The molecular formula is C17H11BrFNO2. The van der Waals surface area contributed by atoms with E-state index in [2.05, 4.69) is 15.9 Å². The summed E-state index contributed by atoms with van der Waals surface area (Å²) in [6.07, 6.45) is 2.75. The number of halogens is 2. The Balaban J connectivity index is 2.08. The maximum Gasteiger partial charge on any atom is 0.185 e. The number of nitrogens with zero attached hydrogens (tertiary/aromatic N) is 1. The van der Waals surface area contributed by atoms with Crippen LogP contribution < -0.4 is 4.74 Å². The van der Waals surface area contributed by atoms with Crippen molar-refractivity contribution in [2.45, 2.75) is 0 Å². The molecule has 0 saturated heterocycles. The summed E-state index contributed by atoms with van der Waals surface area (Å²) in [5.74, 6) is -0.131. The second-order valence-corrected chi connectivity index (χ2v) is 5.25. The van der Waals surface area contributed by atoms with Gasteiger partial charge in [0.15, 0.2) is 12.4 Å². The number of carbonyl (C=O) groups is 1. The summed E-state index contributed by atoms with van der Waals surface area (Å²) in [5.41, 5.74) is 0.795. The molecule has 0 aliphatic heterocycles. The zero-order valence-electron chi connectivity index (χ0n) is 11.4. The van der Waals surface area contributed by atoms with Crippen LogP contribution in [-0.2, 0) is 0 Å². The van der Waals surface area contributed by atoms with Crippen LogP contribution in [0.5, 0.6) is 5.75 Å². The van der Waals surface area contributed by atoms with Gasteiger partial charge in [0.25, 0.3) is 0 Å². The minimum atomic E-state index is -0.404. The fraction of sp³-hybridized carbons (Fsp3) is 0.0588. The highest BCUT2D eigenvalue weighted by Gasteiger charge is 2.04.